The van der Waals surface area contributed by atoms with E-state index in [1.54, 1.807) is 38.0 Å². The van der Waals surface area contributed by atoms with E-state index in [2.05, 4.69) is 0 Å². The minimum absolute atomic E-state index is 0.133. The Kier molecular flexibility index (Phi) is 8.61. The first-order valence-electron chi connectivity index (χ1n) is 12.8. The smallest absolute Gasteiger partial charge is 0.266 e. The Morgan fingerprint density at radius 2 is 1.51 bits per heavy atom. The number of rotatable bonds is 10. The van der Waals surface area contributed by atoms with E-state index < -0.39 is 0 Å². The maximum Gasteiger partial charge on any atom is 0.266 e. The lowest BCUT2D eigenvalue weighted by Crippen LogP contribution is -2.30. The van der Waals surface area contributed by atoms with E-state index in [1.807, 2.05) is 79.0 Å². The maximum atomic E-state index is 13.5. The van der Waals surface area contributed by atoms with Gasteiger partial charge in [-0.3, -0.25) is 9.69 Å². The van der Waals surface area contributed by atoms with Crippen LogP contribution >= 0.6 is 24.0 Å². The average molecular weight is 588 g/mol. The number of aromatic nitrogens is 2. The number of thiocarbonyl (C=S) groups is 1. The molecule has 0 aliphatic carbocycles. The molecule has 10 heteroatoms. The van der Waals surface area contributed by atoms with E-state index in [0.717, 1.165) is 22.4 Å². The van der Waals surface area contributed by atoms with E-state index in [0.29, 0.717) is 50.9 Å². The van der Waals surface area contributed by atoms with Crippen LogP contribution in [-0.4, -0.2) is 59.9 Å². The molecule has 1 aliphatic heterocycles. The molecule has 5 rings (SSSR count). The third kappa shape index (κ3) is 5.94. The third-order valence-electron chi connectivity index (χ3n) is 6.65. The van der Waals surface area contributed by atoms with Gasteiger partial charge in [-0.05, 0) is 60.5 Å². The van der Waals surface area contributed by atoms with E-state index in [9.17, 15) is 4.79 Å². The van der Waals surface area contributed by atoms with Crippen LogP contribution in [0.25, 0.3) is 23.0 Å². The summed E-state index contributed by atoms with van der Waals surface area (Å²) < 4.78 is 24.0. The predicted octanol–water partition coefficient (Wildman–Crippen LogP) is 6.02. The highest BCUT2D eigenvalue weighted by Gasteiger charge is 2.32. The Morgan fingerprint density at radius 3 is 2.20 bits per heavy atom. The lowest BCUT2D eigenvalue weighted by Gasteiger charge is -2.15. The molecule has 0 spiro atoms. The van der Waals surface area contributed by atoms with Crippen molar-refractivity contribution in [2.75, 3.05) is 35.0 Å². The van der Waals surface area contributed by atoms with Crippen molar-refractivity contribution < 1.29 is 23.7 Å². The topological polar surface area (TPSA) is 75.1 Å². The number of carbonyl (C=O) groups is 1. The third-order valence-corrected chi connectivity index (χ3v) is 8.03. The van der Waals surface area contributed by atoms with Gasteiger partial charge in [0, 0.05) is 23.9 Å². The zero-order valence-electron chi connectivity index (χ0n) is 23.1. The minimum Gasteiger partial charge on any atom is -0.493 e. The molecule has 0 bridgehead atoms. The van der Waals surface area contributed by atoms with Crippen molar-refractivity contribution in [3.8, 4) is 39.9 Å². The molecule has 4 aromatic rings. The highest BCUT2D eigenvalue weighted by molar-refractivity contribution is 8.26. The molecule has 41 heavy (non-hydrogen) atoms. The lowest BCUT2D eigenvalue weighted by atomic mass is 10.1. The molecule has 8 nitrogen and oxygen atoms in total. The summed E-state index contributed by atoms with van der Waals surface area (Å²) in [7, 11) is 6.40. The largest absolute Gasteiger partial charge is 0.493 e. The second kappa shape index (κ2) is 12.5. The van der Waals surface area contributed by atoms with Crippen LogP contribution in [0, 0.1) is 0 Å². The fourth-order valence-corrected chi connectivity index (χ4v) is 5.82. The molecule has 1 amide bonds. The monoisotopic (exact) mass is 587 g/mol. The lowest BCUT2D eigenvalue weighted by molar-refractivity contribution is -0.122. The van der Waals surface area contributed by atoms with Gasteiger partial charge in [-0.25, -0.2) is 4.68 Å². The zero-order chi connectivity index (χ0) is 28.9. The summed E-state index contributed by atoms with van der Waals surface area (Å²) in [5, 5.41) is 4.88. The van der Waals surface area contributed by atoms with Crippen molar-refractivity contribution in [2.24, 2.45) is 0 Å². The van der Waals surface area contributed by atoms with E-state index in [4.69, 9.17) is 36.3 Å². The number of para-hydroxylation sites is 1. The Bertz CT molecular complexity index is 1620. The van der Waals surface area contributed by atoms with Crippen LogP contribution in [0.5, 0.6) is 23.0 Å². The number of benzene rings is 3. The first-order chi connectivity index (χ1) is 19.9. The van der Waals surface area contributed by atoms with Gasteiger partial charge in [-0.1, -0.05) is 48.2 Å². The number of ether oxygens (including phenoxy) is 4. The van der Waals surface area contributed by atoms with Crippen LogP contribution in [0.3, 0.4) is 0 Å². The quantitative estimate of drug-likeness (QED) is 0.165. The van der Waals surface area contributed by atoms with Crippen molar-refractivity contribution in [2.45, 2.75) is 6.42 Å². The normalized spacial score (nSPS) is 14.0. The van der Waals surface area contributed by atoms with E-state index in [1.165, 1.54) is 11.8 Å². The Balaban J connectivity index is 1.45. The Morgan fingerprint density at radius 1 is 0.854 bits per heavy atom. The van der Waals surface area contributed by atoms with Crippen molar-refractivity contribution in [3.05, 3.63) is 89.0 Å². The van der Waals surface area contributed by atoms with Crippen LogP contribution in [0.2, 0.25) is 0 Å². The van der Waals surface area contributed by atoms with Crippen LogP contribution < -0.4 is 18.9 Å². The molecule has 1 fully saturated rings. The Hall–Kier alpha value is -4.28. The summed E-state index contributed by atoms with van der Waals surface area (Å²) in [5.41, 5.74) is 4.22. The number of hydrogen-bond donors (Lipinski definition) is 0. The van der Waals surface area contributed by atoms with Gasteiger partial charge in [0.25, 0.3) is 5.91 Å². The zero-order valence-corrected chi connectivity index (χ0v) is 24.8. The number of amides is 1. The first kappa shape index (κ1) is 28.3. The van der Waals surface area contributed by atoms with Gasteiger partial charge in [-0.2, -0.15) is 5.10 Å². The number of nitrogens with zero attached hydrogens (tertiary/aromatic N) is 3. The molecule has 3 aromatic carbocycles. The van der Waals surface area contributed by atoms with Gasteiger partial charge in [0.15, 0.2) is 23.0 Å². The number of thioether (sulfide) groups is 1. The van der Waals surface area contributed by atoms with Crippen molar-refractivity contribution >= 4 is 40.3 Å². The fourth-order valence-electron chi connectivity index (χ4n) is 4.52. The summed E-state index contributed by atoms with van der Waals surface area (Å²) in [6.07, 6.45) is 4.38. The number of hydrogen-bond acceptors (Lipinski definition) is 8. The van der Waals surface area contributed by atoms with Crippen LogP contribution in [0.15, 0.2) is 77.8 Å². The summed E-state index contributed by atoms with van der Waals surface area (Å²) in [6, 6.07) is 21.2. The van der Waals surface area contributed by atoms with Crippen molar-refractivity contribution in [3.63, 3.8) is 0 Å². The first-order valence-corrected chi connectivity index (χ1v) is 14.0. The molecule has 0 N–H and O–H groups in total. The van der Waals surface area contributed by atoms with Crippen LogP contribution in [-0.2, 0) is 11.2 Å². The SMILES string of the molecule is COc1ccc(CCN2C(=O)C(=Cc3cn(-c4ccccc4)nc3-c3ccc(OC)c(OC)c3)SC2=S)cc1OC. The molecular formula is C31H29N3O5S2. The molecule has 0 radical (unpaired) electrons. The molecule has 0 saturated carbocycles. The van der Waals surface area contributed by atoms with Crippen LogP contribution in [0.1, 0.15) is 11.1 Å². The second-order valence-electron chi connectivity index (χ2n) is 9.06. The van der Waals surface area contributed by atoms with Crippen LogP contribution in [0.4, 0.5) is 0 Å². The second-order valence-corrected chi connectivity index (χ2v) is 10.7. The molecule has 210 valence electrons. The van der Waals surface area contributed by atoms with Crippen molar-refractivity contribution in [1.82, 2.24) is 14.7 Å². The molecule has 1 aromatic heterocycles. The van der Waals surface area contributed by atoms with E-state index in [-0.39, 0.29) is 5.91 Å². The minimum atomic E-state index is -0.133. The number of carbonyl (C=O) groups excluding carboxylic acids is 1. The summed E-state index contributed by atoms with van der Waals surface area (Å²) in [5.74, 6) is 2.38. The molecule has 1 aliphatic rings. The molecule has 0 unspecified atom stereocenters. The Labute approximate surface area is 248 Å². The van der Waals surface area contributed by atoms with Gasteiger partial charge in [0.05, 0.1) is 39.0 Å². The standard InChI is InChI=1S/C31H29N3O5S2/c1-36-24-12-10-20(16-26(24)38-3)14-15-33-30(35)28(41-31(33)40)18-22-19-34(23-8-6-5-7-9-23)32-29(22)21-11-13-25(37-2)27(17-21)39-4/h5-13,16-19H,14-15H2,1-4H3. The summed E-state index contributed by atoms with van der Waals surface area (Å²) in [4.78, 5) is 15.7. The maximum absolute atomic E-state index is 13.5. The van der Waals surface area contributed by atoms with Crippen molar-refractivity contribution in [1.29, 1.82) is 0 Å². The molecule has 2 heterocycles. The highest BCUT2D eigenvalue weighted by atomic mass is 32.2. The van der Waals surface area contributed by atoms with E-state index >= 15 is 0 Å². The van der Waals surface area contributed by atoms with Gasteiger partial charge >= 0.3 is 0 Å². The van der Waals surface area contributed by atoms with Gasteiger partial charge in [-0.15, -0.1) is 0 Å². The van der Waals surface area contributed by atoms with Gasteiger partial charge < -0.3 is 18.9 Å². The predicted molar refractivity (Wildman–Crippen MR) is 165 cm³/mol. The van der Waals surface area contributed by atoms with Gasteiger partial charge in [0.2, 0.25) is 0 Å². The summed E-state index contributed by atoms with van der Waals surface area (Å²) >= 11 is 6.90. The molecular weight excluding hydrogens is 558 g/mol. The molecule has 1 saturated heterocycles. The molecule has 0 atom stereocenters. The average Bonchev–Trinajstić information content (AvgIpc) is 3.55. The highest BCUT2D eigenvalue weighted by Crippen LogP contribution is 2.37. The fraction of sp³-hybridized carbons (Fsp3) is 0.194. The summed E-state index contributed by atoms with van der Waals surface area (Å²) in [6.45, 7) is 0.448. The number of methoxy groups -OCH3 is 4. The van der Waals surface area contributed by atoms with Gasteiger partial charge in [0.1, 0.15) is 10.0 Å².